The molecular weight excluding hydrogens is 252 g/mol. The Morgan fingerprint density at radius 1 is 1.25 bits per heavy atom. The van der Waals surface area contributed by atoms with Gasteiger partial charge in [-0.25, -0.2) is 0 Å². The summed E-state index contributed by atoms with van der Waals surface area (Å²) in [6.07, 6.45) is 4.97. The number of likely N-dealkylation sites (tertiary alicyclic amines) is 1. The Morgan fingerprint density at radius 2 is 2.00 bits per heavy atom. The number of carbonyl (C=O) groups excluding carboxylic acids is 1. The van der Waals surface area contributed by atoms with Crippen molar-refractivity contribution < 1.29 is 9.90 Å². The fourth-order valence-electron chi connectivity index (χ4n) is 2.78. The lowest BCUT2D eigenvalue weighted by molar-refractivity contribution is 0.0600. The first-order chi connectivity index (χ1) is 9.76. The molecule has 4 heteroatoms. The average molecular weight is 276 g/mol. The van der Waals surface area contributed by atoms with Crippen LogP contribution in [0.25, 0.3) is 0 Å². The maximum atomic E-state index is 12.6. The van der Waals surface area contributed by atoms with Crippen LogP contribution in [0.1, 0.15) is 41.6 Å². The molecule has 2 rings (SSSR count). The summed E-state index contributed by atoms with van der Waals surface area (Å²) in [5.41, 5.74) is 7.38. The van der Waals surface area contributed by atoms with Crippen molar-refractivity contribution in [3.8, 4) is 0 Å². The molecule has 4 nitrogen and oxygen atoms in total. The molecule has 110 valence electrons. The van der Waals surface area contributed by atoms with E-state index in [9.17, 15) is 9.90 Å². The van der Waals surface area contributed by atoms with Crippen LogP contribution in [0.4, 0.5) is 0 Å². The number of nitrogens with zero attached hydrogens (tertiary/aromatic N) is 1. The van der Waals surface area contributed by atoms with E-state index in [-0.39, 0.29) is 18.6 Å². The van der Waals surface area contributed by atoms with Gasteiger partial charge in [-0.2, -0.15) is 0 Å². The molecule has 0 radical (unpaired) electrons. The first-order valence-electron chi connectivity index (χ1n) is 7.47. The van der Waals surface area contributed by atoms with E-state index >= 15 is 0 Å². The molecule has 0 spiro atoms. The maximum Gasteiger partial charge on any atom is 0.254 e. The number of benzene rings is 1. The molecule has 0 aromatic heterocycles. The zero-order valence-electron chi connectivity index (χ0n) is 11.9. The Labute approximate surface area is 120 Å². The van der Waals surface area contributed by atoms with Crippen molar-refractivity contribution in [1.82, 2.24) is 4.90 Å². The average Bonchev–Trinajstić information content (AvgIpc) is 2.72. The summed E-state index contributed by atoms with van der Waals surface area (Å²) in [5.74, 6) is 0.0326. The zero-order chi connectivity index (χ0) is 14.4. The molecule has 0 aliphatic carbocycles. The molecule has 1 unspecified atom stereocenters. The Morgan fingerprint density at radius 3 is 2.65 bits per heavy atom. The second kappa shape index (κ2) is 7.41. The van der Waals surface area contributed by atoms with Crippen molar-refractivity contribution in [1.29, 1.82) is 0 Å². The highest BCUT2D eigenvalue weighted by atomic mass is 16.3. The fraction of sp³-hybridized carbons (Fsp3) is 0.562. The van der Waals surface area contributed by atoms with Crippen molar-refractivity contribution in [2.24, 2.45) is 5.73 Å². The normalized spacial score (nSPS) is 19.7. The highest BCUT2D eigenvalue weighted by Gasteiger charge is 2.25. The van der Waals surface area contributed by atoms with Crippen LogP contribution >= 0.6 is 0 Å². The third kappa shape index (κ3) is 3.58. The predicted octanol–water partition coefficient (Wildman–Crippen LogP) is 1.56. The van der Waals surface area contributed by atoms with E-state index in [1.165, 1.54) is 0 Å². The van der Waals surface area contributed by atoms with E-state index in [0.29, 0.717) is 12.1 Å². The van der Waals surface area contributed by atoms with Gasteiger partial charge < -0.3 is 15.7 Å². The SMILES string of the molecule is NCCc1ccc(C(=O)N2CCCCCC2CO)cc1. The van der Waals surface area contributed by atoms with Crippen LogP contribution in [-0.4, -0.2) is 41.7 Å². The van der Waals surface area contributed by atoms with Crippen LogP contribution in [0, 0.1) is 0 Å². The summed E-state index contributed by atoms with van der Waals surface area (Å²) in [7, 11) is 0. The van der Waals surface area contributed by atoms with Crippen LogP contribution in [-0.2, 0) is 6.42 Å². The molecule has 1 amide bonds. The van der Waals surface area contributed by atoms with Gasteiger partial charge in [0.25, 0.3) is 5.91 Å². The van der Waals surface area contributed by atoms with Crippen molar-refractivity contribution >= 4 is 5.91 Å². The number of rotatable bonds is 4. The van der Waals surface area contributed by atoms with Gasteiger partial charge in [0.05, 0.1) is 12.6 Å². The fourth-order valence-corrected chi connectivity index (χ4v) is 2.78. The van der Waals surface area contributed by atoms with Crippen LogP contribution in [0.2, 0.25) is 0 Å². The summed E-state index contributed by atoms with van der Waals surface area (Å²) < 4.78 is 0. The number of hydrogen-bond donors (Lipinski definition) is 2. The molecule has 1 saturated heterocycles. The molecule has 1 aliphatic heterocycles. The van der Waals surface area contributed by atoms with Gasteiger partial charge in [-0.05, 0) is 43.5 Å². The summed E-state index contributed by atoms with van der Waals surface area (Å²) in [4.78, 5) is 14.4. The standard InChI is InChI=1S/C16H24N2O2/c17-10-9-13-5-7-14(8-6-13)16(20)18-11-3-1-2-4-15(18)12-19/h5-8,15,19H,1-4,9-12,17H2. The topological polar surface area (TPSA) is 66.6 Å². The number of aliphatic hydroxyl groups excluding tert-OH is 1. The summed E-state index contributed by atoms with van der Waals surface area (Å²) in [6.45, 7) is 1.41. The van der Waals surface area contributed by atoms with Gasteiger partial charge in [0.15, 0.2) is 0 Å². The first-order valence-corrected chi connectivity index (χ1v) is 7.47. The van der Waals surface area contributed by atoms with E-state index in [4.69, 9.17) is 5.73 Å². The van der Waals surface area contributed by atoms with Crippen molar-refractivity contribution in [2.45, 2.75) is 38.1 Å². The molecule has 0 saturated carbocycles. The molecule has 1 aromatic carbocycles. The Balaban J connectivity index is 2.11. The zero-order valence-corrected chi connectivity index (χ0v) is 11.9. The predicted molar refractivity (Wildman–Crippen MR) is 79.6 cm³/mol. The number of hydrogen-bond acceptors (Lipinski definition) is 3. The van der Waals surface area contributed by atoms with E-state index in [2.05, 4.69) is 0 Å². The number of aliphatic hydroxyl groups is 1. The number of amides is 1. The highest BCUT2D eigenvalue weighted by molar-refractivity contribution is 5.94. The molecule has 3 N–H and O–H groups in total. The minimum atomic E-state index is -0.0336. The number of nitrogens with two attached hydrogens (primary N) is 1. The molecule has 0 bridgehead atoms. The van der Waals surface area contributed by atoms with E-state index in [1.807, 2.05) is 29.2 Å². The Bertz CT molecular complexity index is 431. The van der Waals surface area contributed by atoms with Gasteiger partial charge in [0.1, 0.15) is 0 Å². The third-order valence-corrected chi connectivity index (χ3v) is 3.98. The lowest BCUT2D eigenvalue weighted by Crippen LogP contribution is -2.42. The van der Waals surface area contributed by atoms with Crippen molar-refractivity contribution in [3.63, 3.8) is 0 Å². The van der Waals surface area contributed by atoms with E-state index in [0.717, 1.165) is 44.2 Å². The van der Waals surface area contributed by atoms with Gasteiger partial charge in [0, 0.05) is 12.1 Å². The quantitative estimate of drug-likeness (QED) is 0.877. The summed E-state index contributed by atoms with van der Waals surface area (Å²) >= 11 is 0. The summed E-state index contributed by atoms with van der Waals surface area (Å²) in [5, 5.41) is 9.49. The van der Waals surface area contributed by atoms with Crippen LogP contribution in [0.5, 0.6) is 0 Å². The molecular formula is C16H24N2O2. The third-order valence-electron chi connectivity index (χ3n) is 3.98. The van der Waals surface area contributed by atoms with Gasteiger partial charge >= 0.3 is 0 Å². The molecule has 1 fully saturated rings. The van der Waals surface area contributed by atoms with Gasteiger partial charge in [-0.3, -0.25) is 4.79 Å². The minimum Gasteiger partial charge on any atom is -0.394 e. The monoisotopic (exact) mass is 276 g/mol. The Kier molecular flexibility index (Phi) is 5.56. The Hall–Kier alpha value is -1.39. The molecule has 1 atom stereocenters. The second-order valence-corrected chi connectivity index (χ2v) is 5.42. The van der Waals surface area contributed by atoms with Crippen molar-refractivity contribution in [3.05, 3.63) is 35.4 Å². The first kappa shape index (κ1) is 15.0. The van der Waals surface area contributed by atoms with Crippen LogP contribution in [0.15, 0.2) is 24.3 Å². The number of carbonyl (C=O) groups is 1. The second-order valence-electron chi connectivity index (χ2n) is 5.42. The van der Waals surface area contributed by atoms with Crippen LogP contribution in [0.3, 0.4) is 0 Å². The maximum absolute atomic E-state index is 12.6. The van der Waals surface area contributed by atoms with E-state index < -0.39 is 0 Å². The molecule has 1 aliphatic rings. The highest BCUT2D eigenvalue weighted by Crippen LogP contribution is 2.19. The van der Waals surface area contributed by atoms with Gasteiger partial charge in [-0.1, -0.05) is 25.0 Å². The molecule has 20 heavy (non-hydrogen) atoms. The van der Waals surface area contributed by atoms with Gasteiger partial charge in [-0.15, -0.1) is 0 Å². The van der Waals surface area contributed by atoms with E-state index in [1.54, 1.807) is 0 Å². The van der Waals surface area contributed by atoms with Gasteiger partial charge in [0.2, 0.25) is 0 Å². The largest absolute Gasteiger partial charge is 0.394 e. The smallest absolute Gasteiger partial charge is 0.254 e. The molecule has 1 aromatic rings. The van der Waals surface area contributed by atoms with Crippen molar-refractivity contribution in [2.75, 3.05) is 19.7 Å². The van der Waals surface area contributed by atoms with Crippen LogP contribution < -0.4 is 5.73 Å². The molecule has 1 heterocycles. The lowest BCUT2D eigenvalue weighted by atomic mass is 10.1. The minimum absolute atomic E-state index is 0.0326. The lowest BCUT2D eigenvalue weighted by Gasteiger charge is -2.28. The summed E-state index contributed by atoms with van der Waals surface area (Å²) in [6, 6.07) is 7.63.